The molecule has 0 fully saturated rings. The van der Waals surface area contributed by atoms with Crippen LogP contribution in [-0.4, -0.2) is 17.1 Å². The summed E-state index contributed by atoms with van der Waals surface area (Å²) in [5.74, 6) is -0.201. The molecule has 1 amide bonds. The van der Waals surface area contributed by atoms with Crippen LogP contribution in [-0.2, 0) is 11.3 Å². The minimum atomic E-state index is -0.397. The zero-order valence-electron chi connectivity index (χ0n) is 8.33. The van der Waals surface area contributed by atoms with Gasteiger partial charge in [0.05, 0.1) is 6.04 Å². The number of hydrogen-bond donors (Lipinski definition) is 3. The first-order valence-electron chi connectivity index (χ1n) is 4.51. The predicted molar refractivity (Wildman–Crippen MR) is 61.3 cm³/mol. The molecule has 4 nitrogen and oxygen atoms in total. The van der Waals surface area contributed by atoms with E-state index < -0.39 is 5.91 Å². The van der Waals surface area contributed by atoms with Crippen molar-refractivity contribution in [3.05, 3.63) is 28.2 Å². The van der Waals surface area contributed by atoms with Crippen molar-refractivity contribution in [3.63, 3.8) is 0 Å². The van der Waals surface area contributed by atoms with Gasteiger partial charge in [-0.1, -0.05) is 15.9 Å². The van der Waals surface area contributed by atoms with Gasteiger partial charge in [-0.25, -0.2) is 0 Å². The lowest BCUT2D eigenvalue weighted by molar-refractivity contribution is -0.119. The molecule has 1 unspecified atom stereocenters. The highest BCUT2D eigenvalue weighted by molar-refractivity contribution is 9.10. The van der Waals surface area contributed by atoms with Gasteiger partial charge >= 0.3 is 0 Å². The van der Waals surface area contributed by atoms with Crippen molar-refractivity contribution < 1.29 is 9.90 Å². The highest BCUT2D eigenvalue weighted by Gasteiger charge is 2.08. The zero-order chi connectivity index (χ0) is 11.4. The maximum atomic E-state index is 10.8. The van der Waals surface area contributed by atoms with Crippen LogP contribution in [0.4, 0.5) is 0 Å². The van der Waals surface area contributed by atoms with E-state index >= 15 is 0 Å². The van der Waals surface area contributed by atoms with Crippen LogP contribution in [0.1, 0.15) is 12.5 Å². The fourth-order valence-electron chi connectivity index (χ4n) is 1.06. The number of amides is 1. The van der Waals surface area contributed by atoms with E-state index in [0.717, 1.165) is 10.0 Å². The minimum Gasteiger partial charge on any atom is -0.508 e. The quantitative estimate of drug-likeness (QED) is 0.769. The predicted octanol–water partition coefficient (Wildman–Crippen LogP) is 1.12. The zero-order valence-corrected chi connectivity index (χ0v) is 9.91. The number of phenolic OH excluding ortho intramolecular Hbond substituents is 1. The number of benzene rings is 1. The average Bonchev–Trinajstić information content (AvgIpc) is 2.18. The molecule has 4 N–H and O–H groups in total. The van der Waals surface area contributed by atoms with Gasteiger partial charge in [0.2, 0.25) is 5.91 Å². The monoisotopic (exact) mass is 272 g/mol. The van der Waals surface area contributed by atoms with Crippen molar-refractivity contribution in [1.29, 1.82) is 0 Å². The van der Waals surface area contributed by atoms with Crippen LogP contribution in [0, 0.1) is 0 Å². The number of aromatic hydroxyl groups is 1. The summed E-state index contributed by atoms with van der Waals surface area (Å²) in [5, 5.41) is 12.2. The smallest absolute Gasteiger partial charge is 0.234 e. The van der Waals surface area contributed by atoms with E-state index in [2.05, 4.69) is 21.2 Å². The molecule has 1 aromatic rings. The van der Waals surface area contributed by atoms with Gasteiger partial charge in [0, 0.05) is 11.0 Å². The molecule has 0 aliphatic carbocycles. The lowest BCUT2D eigenvalue weighted by Gasteiger charge is -2.11. The summed E-state index contributed by atoms with van der Waals surface area (Å²) in [4.78, 5) is 10.8. The van der Waals surface area contributed by atoms with Crippen molar-refractivity contribution in [2.75, 3.05) is 0 Å². The first kappa shape index (κ1) is 12.0. The van der Waals surface area contributed by atoms with Gasteiger partial charge in [-0.2, -0.15) is 0 Å². The molecule has 0 bridgehead atoms. The minimum absolute atomic E-state index is 0.196. The van der Waals surface area contributed by atoms with Gasteiger partial charge < -0.3 is 16.2 Å². The van der Waals surface area contributed by atoms with E-state index in [0.29, 0.717) is 6.54 Å². The summed E-state index contributed by atoms with van der Waals surface area (Å²) in [6.07, 6.45) is 0. The molecule has 0 aliphatic rings. The third kappa shape index (κ3) is 3.53. The summed E-state index contributed by atoms with van der Waals surface area (Å²) < 4.78 is 0.879. The fraction of sp³-hybridized carbons (Fsp3) is 0.300. The Morgan fingerprint density at radius 1 is 1.67 bits per heavy atom. The number of halogens is 1. The van der Waals surface area contributed by atoms with Gasteiger partial charge in [-0.15, -0.1) is 0 Å². The number of primary amides is 1. The fourth-order valence-corrected chi connectivity index (χ4v) is 1.45. The third-order valence-electron chi connectivity index (χ3n) is 2.05. The Balaban J connectivity index is 2.65. The topological polar surface area (TPSA) is 75.3 Å². The molecule has 0 radical (unpaired) electrons. The van der Waals surface area contributed by atoms with E-state index in [1.807, 2.05) is 0 Å². The number of rotatable bonds is 4. The molecule has 15 heavy (non-hydrogen) atoms. The molecule has 1 aromatic carbocycles. The molecule has 0 saturated carbocycles. The number of hydrogen-bond acceptors (Lipinski definition) is 3. The lowest BCUT2D eigenvalue weighted by atomic mass is 10.2. The van der Waals surface area contributed by atoms with E-state index in [1.165, 1.54) is 0 Å². The summed E-state index contributed by atoms with van der Waals surface area (Å²) in [7, 11) is 0. The molecule has 1 atom stereocenters. The first-order chi connectivity index (χ1) is 7.00. The SMILES string of the molecule is CC(NCc1cc(O)ccc1Br)C(N)=O. The van der Waals surface area contributed by atoms with E-state index in [-0.39, 0.29) is 11.8 Å². The van der Waals surface area contributed by atoms with Gasteiger partial charge in [0.15, 0.2) is 0 Å². The summed E-state index contributed by atoms with van der Waals surface area (Å²) >= 11 is 3.35. The van der Waals surface area contributed by atoms with Gasteiger partial charge in [-0.05, 0) is 30.7 Å². The molecular formula is C10H13BrN2O2. The molecule has 0 aromatic heterocycles. The van der Waals surface area contributed by atoms with Crippen LogP contribution < -0.4 is 11.1 Å². The largest absolute Gasteiger partial charge is 0.508 e. The van der Waals surface area contributed by atoms with Crippen LogP contribution in [0.5, 0.6) is 5.75 Å². The van der Waals surface area contributed by atoms with Gasteiger partial charge in [0.25, 0.3) is 0 Å². The molecule has 5 heteroatoms. The second kappa shape index (κ2) is 5.14. The van der Waals surface area contributed by atoms with E-state index in [1.54, 1.807) is 25.1 Å². The summed E-state index contributed by atoms with van der Waals surface area (Å²) in [6, 6.07) is 4.58. The summed E-state index contributed by atoms with van der Waals surface area (Å²) in [6.45, 7) is 2.16. The van der Waals surface area contributed by atoms with Gasteiger partial charge in [0.1, 0.15) is 5.75 Å². The van der Waals surface area contributed by atoms with Crippen molar-refractivity contribution >= 4 is 21.8 Å². The van der Waals surface area contributed by atoms with Crippen LogP contribution in [0.15, 0.2) is 22.7 Å². The molecule has 1 rings (SSSR count). The number of carbonyl (C=O) groups excluding carboxylic acids is 1. The molecule has 82 valence electrons. The normalized spacial score (nSPS) is 12.4. The average molecular weight is 273 g/mol. The molecule has 0 spiro atoms. The Morgan fingerprint density at radius 3 is 2.93 bits per heavy atom. The molecular weight excluding hydrogens is 260 g/mol. The molecule has 0 heterocycles. The van der Waals surface area contributed by atoms with Crippen molar-refractivity contribution in [2.45, 2.75) is 19.5 Å². The molecule has 0 saturated heterocycles. The van der Waals surface area contributed by atoms with Crippen LogP contribution in [0.3, 0.4) is 0 Å². The lowest BCUT2D eigenvalue weighted by Crippen LogP contribution is -2.38. The van der Waals surface area contributed by atoms with Crippen LogP contribution in [0.25, 0.3) is 0 Å². The van der Waals surface area contributed by atoms with Crippen molar-refractivity contribution in [1.82, 2.24) is 5.32 Å². The van der Waals surface area contributed by atoms with E-state index in [9.17, 15) is 9.90 Å². The Labute approximate surface area is 96.6 Å². The second-order valence-corrected chi connectivity index (χ2v) is 4.14. The van der Waals surface area contributed by atoms with E-state index in [4.69, 9.17) is 5.73 Å². The number of nitrogens with two attached hydrogens (primary N) is 1. The maximum Gasteiger partial charge on any atom is 0.234 e. The number of carbonyl (C=O) groups is 1. The number of phenols is 1. The summed E-state index contributed by atoms with van der Waals surface area (Å²) in [5.41, 5.74) is 5.98. The van der Waals surface area contributed by atoms with Crippen molar-refractivity contribution in [3.8, 4) is 5.75 Å². The molecule has 0 aliphatic heterocycles. The third-order valence-corrected chi connectivity index (χ3v) is 2.83. The second-order valence-electron chi connectivity index (χ2n) is 3.28. The Bertz CT molecular complexity index is 368. The standard InChI is InChI=1S/C10H13BrN2O2/c1-6(10(12)15)13-5-7-4-8(14)2-3-9(7)11/h2-4,6,13-14H,5H2,1H3,(H2,12,15). The Morgan fingerprint density at radius 2 is 2.33 bits per heavy atom. The Hall–Kier alpha value is -1.07. The van der Waals surface area contributed by atoms with Gasteiger partial charge in [-0.3, -0.25) is 4.79 Å². The maximum absolute atomic E-state index is 10.8. The highest BCUT2D eigenvalue weighted by atomic mass is 79.9. The Kier molecular flexibility index (Phi) is 4.11. The van der Waals surface area contributed by atoms with Crippen molar-refractivity contribution in [2.24, 2.45) is 5.73 Å². The number of nitrogens with one attached hydrogen (secondary N) is 1. The highest BCUT2D eigenvalue weighted by Crippen LogP contribution is 2.21. The van der Waals surface area contributed by atoms with Crippen LogP contribution >= 0.6 is 15.9 Å². The van der Waals surface area contributed by atoms with Crippen LogP contribution in [0.2, 0.25) is 0 Å². The first-order valence-corrected chi connectivity index (χ1v) is 5.30.